The Bertz CT molecular complexity index is 1040. The molecule has 5 rings (SSSR count). The van der Waals surface area contributed by atoms with Gasteiger partial charge in [-0.25, -0.2) is 0 Å². The van der Waals surface area contributed by atoms with Crippen LogP contribution in [-0.2, 0) is 29.0 Å². The summed E-state index contributed by atoms with van der Waals surface area (Å²) in [4.78, 5) is 32.7. The van der Waals surface area contributed by atoms with Crippen LogP contribution in [-0.4, -0.2) is 45.7 Å². The molecule has 5 heteroatoms. The van der Waals surface area contributed by atoms with E-state index in [0.717, 1.165) is 30.6 Å². The molecule has 2 aliphatic rings. The van der Waals surface area contributed by atoms with E-state index in [1.807, 2.05) is 42.5 Å². The van der Waals surface area contributed by atoms with E-state index in [2.05, 4.69) is 22.0 Å². The first-order chi connectivity index (χ1) is 13.7. The lowest BCUT2D eigenvalue weighted by atomic mass is 10.0. The highest BCUT2D eigenvalue weighted by molar-refractivity contribution is 6.05. The number of hydrogen-bond acceptors (Lipinski definition) is 3. The van der Waals surface area contributed by atoms with Gasteiger partial charge in [0.05, 0.1) is 12.5 Å². The van der Waals surface area contributed by atoms with Crippen LogP contribution in [0.1, 0.15) is 23.2 Å². The molecule has 0 unspecified atom stereocenters. The van der Waals surface area contributed by atoms with Crippen molar-refractivity contribution in [2.75, 3.05) is 13.1 Å². The average Bonchev–Trinajstić information content (AvgIpc) is 3.24. The number of benzene rings is 2. The first-order valence-electron chi connectivity index (χ1n) is 9.91. The molecule has 1 N–H and O–H groups in total. The number of aromatic nitrogens is 1. The van der Waals surface area contributed by atoms with E-state index in [1.54, 1.807) is 0 Å². The molecular formula is C23H23N3O2. The minimum atomic E-state index is -0.329. The first-order valence-corrected chi connectivity index (χ1v) is 9.91. The Morgan fingerprint density at radius 1 is 1.00 bits per heavy atom. The molecule has 0 spiro atoms. The Hall–Kier alpha value is -2.92. The van der Waals surface area contributed by atoms with Gasteiger partial charge in [0.15, 0.2) is 0 Å². The summed E-state index contributed by atoms with van der Waals surface area (Å²) in [5, 5.41) is 1.22. The molecule has 2 aromatic carbocycles. The lowest BCUT2D eigenvalue weighted by Crippen LogP contribution is -2.44. The van der Waals surface area contributed by atoms with Crippen molar-refractivity contribution in [3.05, 3.63) is 71.4 Å². The van der Waals surface area contributed by atoms with Crippen LogP contribution >= 0.6 is 0 Å². The van der Waals surface area contributed by atoms with Gasteiger partial charge in [0.1, 0.15) is 0 Å². The van der Waals surface area contributed by atoms with Gasteiger partial charge in [-0.2, -0.15) is 0 Å². The number of rotatable bonds is 4. The number of nitrogens with zero attached hydrogens (tertiary/aromatic N) is 2. The summed E-state index contributed by atoms with van der Waals surface area (Å²) in [5.41, 5.74) is 4.82. The number of para-hydroxylation sites is 1. The van der Waals surface area contributed by atoms with Crippen LogP contribution in [0.5, 0.6) is 0 Å². The van der Waals surface area contributed by atoms with E-state index >= 15 is 0 Å². The van der Waals surface area contributed by atoms with Crippen LogP contribution < -0.4 is 0 Å². The Balaban J connectivity index is 1.32. The zero-order valence-corrected chi connectivity index (χ0v) is 15.7. The maximum Gasteiger partial charge on any atom is 0.247 e. The lowest BCUT2D eigenvalue weighted by molar-refractivity contribution is -0.139. The molecule has 28 heavy (non-hydrogen) atoms. The molecule has 3 aromatic rings. The minimum absolute atomic E-state index is 0.0378. The molecule has 0 saturated carbocycles. The molecular weight excluding hydrogens is 350 g/mol. The fourth-order valence-corrected chi connectivity index (χ4v) is 4.52. The van der Waals surface area contributed by atoms with Gasteiger partial charge in [-0.15, -0.1) is 0 Å². The molecule has 1 aromatic heterocycles. The molecule has 2 amide bonds. The van der Waals surface area contributed by atoms with E-state index in [0.29, 0.717) is 19.4 Å². The van der Waals surface area contributed by atoms with Crippen molar-refractivity contribution in [1.82, 2.24) is 14.8 Å². The standard InChI is InChI=1S/C23H23N3O2/c27-22-14-21(23(28)26(22)13-10-16-6-2-1-3-7-16)25-12-11-20-18(15-25)17-8-4-5-9-19(17)24-20/h1-9,21,24H,10-15H2/t21-/m0/s1. The largest absolute Gasteiger partial charge is 0.358 e. The van der Waals surface area contributed by atoms with Gasteiger partial charge in [0, 0.05) is 42.7 Å². The highest BCUT2D eigenvalue weighted by Crippen LogP contribution is 2.30. The number of amides is 2. The van der Waals surface area contributed by atoms with Crippen LogP contribution in [0.15, 0.2) is 54.6 Å². The lowest BCUT2D eigenvalue weighted by Gasteiger charge is -2.31. The second-order valence-corrected chi connectivity index (χ2v) is 7.69. The van der Waals surface area contributed by atoms with Crippen molar-refractivity contribution in [3.8, 4) is 0 Å². The van der Waals surface area contributed by atoms with E-state index < -0.39 is 0 Å². The van der Waals surface area contributed by atoms with E-state index in [9.17, 15) is 9.59 Å². The Morgan fingerprint density at radius 3 is 2.64 bits per heavy atom. The Labute approximate surface area is 163 Å². The molecule has 3 heterocycles. The van der Waals surface area contributed by atoms with Crippen LogP contribution in [0, 0.1) is 0 Å². The zero-order valence-electron chi connectivity index (χ0n) is 15.7. The number of aromatic amines is 1. The third kappa shape index (κ3) is 2.92. The molecule has 1 saturated heterocycles. The summed E-state index contributed by atoms with van der Waals surface area (Å²) in [5.74, 6) is -0.0834. The quantitative estimate of drug-likeness (QED) is 0.716. The smallest absolute Gasteiger partial charge is 0.247 e. The molecule has 1 atom stereocenters. The number of imide groups is 1. The van der Waals surface area contributed by atoms with Crippen LogP contribution in [0.3, 0.4) is 0 Å². The number of hydrogen-bond donors (Lipinski definition) is 1. The van der Waals surface area contributed by atoms with Gasteiger partial charge >= 0.3 is 0 Å². The normalized spacial score (nSPS) is 20.1. The highest BCUT2D eigenvalue weighted by Gasteiger charge is 2.42. The van der Waals surface area contributed by atoms with Gasteiger partial charge in [-0.05, 0) is 23.6 Å². The van der Waals surface area contributed by atoms with Gasteiger partial charge in [-0.3, -0.25) is 19.4 Å². The van der Waals surface area contributed by atoms with Gasteiger partial charge in [0.2, 0.25) is 11.8 Å². The number of H-pyrrole nitrogens is 1. The minimum Gasteiger partial charge on any atom is -0.358 e. The maximum absolute atomic E-state index is 13.0. The molecule has 0 aliphatic carbocycles. The molecule has 0 bridgehead atoms. The van der Waals surface area contributed by atoms with Gasteiger partial charge in [-0.1, -0.05) is 48.5 Å². The van der Waals surface area contributed by atoms with Crippen molar-refractivity contribution in [2.24, 2.45) is 0 Å². The van der Waals surface area contributed by atoms with E-state index in [-0.39, 0.29) is 17.9 Å². The Kier molecular flexibility index (Phi) is 4.24. The third-order valence-electron chi connectivity index (χ3n) is 6.04. The fourth-order valence-electron chi connectivity index (χ4n) is 4.52. The molecule has 0 radical (unpaired) electrons. The number of carbonyl (C=O) groups excluding carboxylic acids is 2. The summed E-state index contributed by atoms with van der Waals surface area (Å²) in [6.07, 6.45) is 1.88. The van der Waals surface area contributed by atoms with Crippen LogP contribution in [0.25, 0.3) is 10.9 Å². The molecule has 1 fully saturated rings. The van der Waals surface area contributed by atoms with Crippen LogP contribution in [0.4, 0.5) is 0 Å². The monoisotopic (exact) mass is 373 g/mol. The van der Waals surface area contributed by atoms with Crippen molar-refractivity contribution < 1.29 is 9.59 Å². The highest BCUT2D eigenvalue weighted by atomic mass is 16.2. The second-order valence-electron chi connectivity index (χ2n) is 7.69. The zero-order chi connectivity index (χ0) is 19.1. The van der Waals surface area contributed by atoms with E-state index in [4.69, 9.17) is 0 Å². The van der Waals surface area contributed by atoms with Crippen molar-refractivity contribution >= 4 is 22.7 Å². The maximum atomic E-state index is 13.0. The fraction of sp³-hybridized carbons (Fsp3) is 0.304. The third-order valence-corrected chi connectivity index (χ3v) is 6.04. The van der Waals surface area contributed by atoms with Crippen molar-refractivity contribution in [2.45, 2.75) is 31.8 Å². The summed E-state index contributed by atoms with van der Waals surface area (Å²) in [6, 6.07) is 18.0. The summed E-state index contributed by atoms with van der Waals surface area (Å²) in [7, 11) is 0. The van der Waals surface area contributed by atoms with E-state index in [1.165, 1.54) is 21.5 Å². The average molecular weight is 373 g/mol. The van der Waals surface area contributed by atoms with Crippen LogP contribution in [0.2, 0.25) is 0 Å². The molecule has 5 nitrogen and oxygen atoms in total. The molecule has 2 aliphatic heterocycles. The second kappa shape index (κ2) is 6.91. The summed E-state index contributed by atoms with van der Waals surface area (Å²) >= 11 is 0. The number of carbonyl (C=O) groups is 2. The predicted molar refractivity (Wildman–Crippen MR) is 108 cm³/mol. The van der Waals surface area contributed by atoms with Gasteiger partial charge < -0.3 is 4.98 Å². The van der Waals surface area contributed by atoms with Crippen molar-refractivity contribution in [3.63, 3.8) is 0 Å². The van der Waals surface area contributed by atoms with Gasteiger partial charge in [0.25, 0.3) is 0 Å². The summed E-state index contributed by atoms with van der Waals surface area (Å²) in [6.45, 7) is 1.98. The van der Waals surface area contributed by atoms with Crippen molar-refractivity contribution in [1.29, 1.82) is 0 Å². The predicted octanol–water partition coefficient (Wildman–Crippen LogP) is 2.90. The first kappa shape index (κ1) is 17.2. The summed E-state index contributed by atoms with van der Waals surface area (Å²) < 4.78 is 0. The Morgan fingerprint density at radius 2 is 1.79 bits per heavy atom. The number of nitrogens with one attached hydrogen (secondary N) is 1. The SMILES string of the molecule is O=C1C[C@H](N2CCc3[nH]c4ccccc4c3C2)C(=O)N1CCc1ccccc1. The number of fused-ring (bicyclic) bond motifs is 3. The molecule has 142 valence electrons. The topological polar surface area (TPSA) is 56.4 Å². The number of likely N-dealkylation sites (tertiary alicyclic amines) is 1.